The summed E-state index contributed by atoms with van der Waals surface area (Å²) in [6.45, 7) is 5.20. The number of ether oxygens (including phenoxy) is 1. The van der Waals surface area contributed by atoms with Crippen LogP contribution < -0.4 is 4.90 Å². The molecule has 2 aromatic rings. The van der Waals surface area contributed by atoms with Crippen molar-refractivity contribution in [1.29, 1.82) is 0 Å². The second-order valence-corrected chi connectivity index (χ2v) is 6.41. The molecule has 8 heteroatoms. The number of amides is 1. The molecule has 0 bridgehead atoms. The van der Waals surface area contributed by atoms with Crippen LogP contribution in [0.3, 0.4) is 0 Å². The maximum atomic E-state index is 12.6. The van der Waals surface area contributed by atoms with E-state index in [1.165, 1.54) is 12.8 Å². The first-order valence-corrected chi connectivity index (χ1v) is 8.63. The lowest BCUT2D eigenvalue weighted by Crippen LogP contribution is -2.42. The molecule has 0 saturated carbocycles. The highest BCUT2D eigenvalue weighted by Gasteiger charge is 2.29. The van der Waals surface area contributed by atoms with E-state index in [2.05, 4.69) is 20.0 Å². The Morgan fingerprint density at radius 2 is 2.12 bits per heavy atom. The first-order chi connectivity index (χ1) is 12.2. The summed E-state index contributed by atoms with van der Waals surface area (Å²) in [7, 11) is 0. The van der Waals surface area contributed by atoms with Gasteiger partial charge in [-0.2, -0.15) is 0 Å². The fourth-order valence-corrected chi connectivity index (χ4v) is 3.25. The highest BCUT2D eigenvalue weighted by molar-refractivity contribution is 5.92. The van der Waals surface area contributed by atoms with Crippen LogP contribution in [0.4, 0.5) is 5.95 Å². The molecule has 0 spiro atoms. The Morgan fingerprint density at radius 1 is 1.28 bits per heavy atom. The van der Waals surface area contributed by atoms with Crippen LogP contribution in [0.15, 0.2) is 22.9 Å². The lowest BCUT2D eigenvalue weighted by Gasteiger charge is -2.32. The average Bonchev–Trinajstić information content (AvgIpc) is 3.33. The Labute approximate surface area is 145 Å². The molecule has 1 atom stereocenters. The summed E-state index contributed by atoms with van der Waals surface area (Å²) in [5.41, 5.74) is 1.14. The van der Waals surface area contributed by atoms with Gasteiger partial charge in [-0.15, -0.1) is 0 Å². The summed E-state index contributed by atoms with van der Waals surface area (Å²) < 4.78 is 10.9. The van der Waals surface area contributed by atoms with E-state index < -0.39 is 0 Å². The number of carbonyl (C=O) groups excluding carboxylic acids is 1. The van der Waals surface area contributed by atoms with Crippen molar-refractivity contribution in [3.05, 3.63) is 35.5 Å². The zero-order valence-electron chi connectivity index (χ0n) is 14.2. The zero-order valence-corrected chi connectivity index (χ0v) is 14.2. The lowest BCUT2D eigenvalue weighted by molar-refractivity contribution is -0.0250. The summed E-state index contributed by atoms with van der Waals surface area (Å²) >= 11 is 0. The summed E-state index contributed by atoms with van der Waals surface area (Å²) in [4.78, 5) is 25.5. The third kappa shape index (κ3) is 3.34. The van der Waals surface area contributed by atoms with Crippen molar-refractivity contribution in [2.24, 2.45) is 0 Å². The van der Waals surface area contributed by atoms with Gasteiger partial charge in [0.25, 0.3) is 5.91 Å². The van der Waals surface area contributed by atoms with E-state index in [0.717, 1.165) is 24.7 Å². The fraction of sp³-hybridized carbons (Fsp3) is 0.529. The van der Waals surface area contributed by atoms with Crippen LogP contribution in [0.5, 0.6) is 0 Å². The van der Waals surface area contributed by atoms with E-state index in [0.29, 0.717) is 31.2 Å². The molecule has 0 unspecified atom stereocenters. The van der Waals surface area contributed by atoms with Crippen molar-refractivity contribution in [3.8, 4) is 0 Å². The minimum absolute atomic E-state index is 0.140. The molecule has 8 nitrogen and oxygen atoms in total. The first kappa shape index (κ1) is 16.0. The Balaban J connectivity index is 1.49. The van der Waals surface area contributed by atoms with Crippen LogP contribution in [0, 0.1) is 6.92 Å². The standard InChI is InChI=1S/C17H21N5O3/c1-12-10-14(20-25-12)16(23)22-8-9-24-15(11-22)13-4-5-18-17(19-13)21-6-2-3-7-21/h4-5,10,15H,2-3,6-9,11H2,1H3/t15-/m0/s1. The van der Waals surface area contributed by atoms with Gasteiger partial charge < -0.3 is 19.1 Å². The lowest BCUT2D eigenvalue weighted by atomic mass is 10.2. The number of anilines is 1. The van der Waals surface area contributed by atoms with E-state index in [1.807, 2.05) is 6.07 Å². The zero-order chi connectivity index (χ0) is 17.2. The molecule has 2 aliphatic heterocycles. The summed E-state index contributed by atoms with van der Waals surface area (Å²) in [5, 5.41) is 3.82. The summed E-state index contributed by atoms with van der Waals surface area (Å²) in [6, 6.07) is 3.52. The van der Waals surface area contributed by atoms with Crippen LogP contribution in [0.25, 0.3) is 0 Å². The molecule has 2 aromatic heterocycles. The second-order valence-electron chi connectivity index (χ2n) is 6.41. The van der Waals surface area contributed by atoms with Crippen molar-refractivity contribution in [2.45, 2.75) is 25.9 Å². The molecule has 132 valence electrons. The highest BCUT2D eigenvalue weighted by atomic mass is 16.5. The van der Waals surface area contributed by atoms with E-state index in [1.54, 1.807) is 24.1 Å². The van der Waals surface area contributed by atoms with Crippen LogP contribution in [-0.2, 0) is 4.74 Å². The Kier molecular flexibility index (Phi) is 4.35. The van der Waals surface area contributed by atoms with Crippen LogP contribution in [0.1, 0.15) is 40.9 Å². The number of aromatic nitrogens is 3. The molecule has 25 heavy (non-hydrogen) atoms. The van der Waals surface area contributed by atoms with Crippen molar-refractivity contribution in [2.75, 3.05) is 37.7 Å². The van der Waals surface area contributed by atoms with Gasteiger partial charge in [-0.05, 0) is 25.8 Å². The maximum Gasteiger partial charge on any atom is 0.276 e. The molecule has 2 saturated heterocycles. The SMILES string of the molecule is Cc1cc(C(=O)N2CCO[C@H](c3ccnc(N4CCCC4)n3)C2)no1. The predicted octanol–water partition coefficient (Wildman–Crippen LogP) is 1.59. The van der Waals surface area contributed by atoms with Crippen molar-refractivity contribution < 1.29 is 14.1 Å². The van der Waals surface area contributed by atoms with Crippen molar-refractivity contribution >= 4 is 11.9 Å². The molecule has 4 heterocycles. The predicted molar refractivity (Wildman–Crippen MR) is 89.3 cm³/mol. The molecule has 0 radical (unpaired) electrons. The van der Waals surface area contributed by atoms with Gasteiger partial charge in [0.05, 0.1) is 18.8 Å². The van der Waals surface area contributed by atoms with E-state index in [-0.39, 0.29) is 12.0 Å². The third-order valence-electron chi connectivity index (χ3n) is 4.58. The van der Waals surface area contributed by atoms with Crippen LogP contribution in [-0.4, -0.2) is 58.7 Å². The van der Waals surface area contributed by atoms with Gasteiger partial charge in [0.15, 0.2) is 5.69 Å². The minimum Gasteiger partial charge on any atom is -0.368 e. The van der Waals surface area contributed by atoms with Gasteiger partial charge in [-0.1, -0.05) is 5.16 Å². The Bertz CT molecular complexity index is 756. The molecule has 0 aromatic carbocycles. The minimum atomic E-state index is -0.255. The molecule has 0 aliphatic carbocycles. The fourth-order valence-electron chi connectivity index (χ4n) is 3.25. The number of hydrogen-bond donors (Lipinski definition) is 0. The molecular formula is C17H21N5O3. The van der Waals surface area contributed by atoms with Gasteiger partial charge in [0, 0.05) is 31.9 Å². The van der Waals surface area contributed by atoms with Gasteiger partial charge >= 0.3 is 0 Å². The number of carbonyl (C=O) groups is 1. The Hall–Kier alpha value is -2.48. The van der Waals surface area contributed by atoms with E-state index in [4.69, 9.17) is 9.26 Å². The second kappa shape index (κ2) is 6.79. The van der Waals surface area contributed by atoms with Crippen molar-refractivity contribution in [3.63, 3.8) is 0 Å². The highest BCUT2D eigenvalue weighted by Crippen LogP contribution is 2.24. The number of hydrogen-bond acceptors (Lipinski definition) is 7. The normalized spacial score (nSPS) is 20.9. The maximum absolute atomic E-state index is 12.6. The number of morpholine rings is 1. The van der Waals surface area contributed by atoms with E-state index >= 15 is 0 Å². The summed E-state index contributed by atoms with van der Waals surface area (Å²) in [5.74, 6) is 1.23. The quantitative estimate of drug-likeness (QED) is 0.836. The molecule has 2 fully saturated rings. The summed E-state index contributed by atoms with van der Waals surface area (Å²) in [6.07, 6.45) is 3.86. The van der Waals surface area contributed by atoms with Crippen molar-refractivity contribution in [1.82, 2.24) is 20.0 Å². The molecule has 2 aliphatic rings. The molecule has 4 rings (SSSR count). The van der Waals surface area contributed by atoms with Gasteiger partial charge in [0.2, 0.25) is 5.95 Å². The molecule has 0 N–H and O–H groups in total. The van der Waals surface area contributed by atoms with Gasteiger partial charge in [-0.25, -0.2) is 9.97 Å². The number of rotatable bonds is 3. The monoisotopic (exact) mass is 343 g/mol. The molecular weight excluding hydrogens is 322 g/mol. The van der Waals surface area contributed by atoms with Crippen LogP contribution in [0.2, 0.25) is 0 Å². The smallest absolute Gasteiger partial charge is 0.276 e. The largest absolute Gasteiger partial charge is 0.368 e. The van der Waals surface area contributed by atoms with E-state index in [9.17, 15) is 4.79 Å². The number of nitrogens with zero attached hydrogens (tertiary/aromatic N) is 5. The first-order valence-electron chi connectivity index (χ1n) is 8.63. The average molecular weight is 343 g/mol. The Morgan fingerprint density at radius 3 is 2.88 bits per heavy atom. The number of aryl methyl sites for hydroxylation is 1. The molecule has 1 amide bonds. The van der Waals surface area contributed by atoms with Crippen LogP contribution >= 0.6 is 0 Å². The van der Waals surface area contributed by atoms with Gasteiger partial charge in [0.1, 0.15) is 11.9 Å². The van der Waals surface area contributed by atoms with Gasteiger partial charge in [-0.3, -0.25) is 4.79 Å². The third-order valence-corrected chi connectivity index (χ3v) is 4.58. The topological polar surface area (TPSA) is 84.6 Å².